The average molecular weight is 1090 g/mol. The molecule has 0 N–H and O–H groups in total. The molecule has 0 saturated carbocycles. The Bertz CT molecular complexity index is 3910. The van der Waals surface area contributed by atoms with Gasteiger partial charge in [0.15, 0.2) is 0 Å². The molecular weight excluding hydrogens is 1040 g/mol. The summed E-state index contributed by atoms with van der Waals surface area (Å²) >= 11 is 1.85. The molecule has 3 aromatic heterocycles. The third-order valence-corrected chi connectivity index (χ3v) is 15.7. The van der Waals surface area contributed by atoms with Crippen LogP contribution in [-0.2, 0) is 26.5 Å². The maximum Gasteiger partial charge on any atom is 0.0852 e. The fourth-order valence-corrected chi connectivity index (χ4v) is 12.0. The summed E-state index contributed by atoms with van der Waals surface area (Å²) in [5.41, 5.74) is 8.52. The van der Waals surface area contributed by atoms with Crippen LogP contribution in [0.4, 0.5) is 0 Å². The Kier molecular flexibility index (Phi) is 11.4. The second-order valence-electron chi connectivity index (χ2n) is 19.4. The van der Waals surface area contributed by atoms with Crippen molar-refractivity contribution >= 4 is 88.1 Å². The van der Waals surface area contributed by atoms with Gasteiger partial charge in [0, 0.05) is 50.1 Å². The van der Waals surface area contributed by atoms with Crippen LogP contribution >= 0.6 is 11.3 Å². The third kappa shape index (κ3) is 8.52. The van der Waals surface area contributed by atoms with E-state index >= 15 is 0 Å². The maximum atomic E-state index is 8.75. The predicted octanol–water partition coefficient (Wildman–Crippen LogP) is 16.7. The monoisotopic (exact) mass is 1090 g/mol. The Morgan fingerprint density at radius 2 is 1.28 bits per heavy atom. The summed E-state index contributed by atoms with van der Waals surface area (Å²) in [6.07, 6.45) is 0.469. The Balaban J connectivity index is 0.000000201. The molecule has 9 aromatic carbocycles. The van der Waals surface area contributed by atoms with Gasteiger partial charge >= 0.3 is 0 Å². The number of nitrogens with zero attached hydrogens (tertiary/aromatic N) is 3. The Morgan fingerprint density at radius 3 is 2.00 bits per heavy atom. The molecule has 0 aliphatic rings. The van der Waals surface area contributed by atoms with Crippen LogP contribution in [0.3, 0.4) is 0 Å². The van der Waals surface area contributed by atoms with Gasteiger partial charge in [-0.2, -0.15) is 11.3 Å². The fourth-order valence-electron chi connectivity index (χ4n) is 9.40. The Labute approximate surface area is 420 Å². The molecule has 3 heterocycles. The number of hydrogen-bond acceptors (Lipinski definition) is 3. The number of thiophene rings is 1. The zero-order chi connectivity index (χ0) is 47.7. The second-order valence-corrected chi connectivity index (χ2v) is 25.5. The molecule has 0 aliphatic carbocycles. The number of hydrogen-bond donors (Lipinski definition) is 0. The standard InChI is InChI=1S/C43H25N2S.C19H26NSi.Ir/c1-2-10-27(11-3-1)34-22-18-29-13-5-8-16-33(29)41(34)45-38-24-20-28-12-4-7-15-32(28)40(38)44-43(45)31-21-25-39-37(26-31)36-23-19-30-14-6-9-17-35(30)42(36)46-39;1-19(2,3)13-16-12-17(15-10-8-7-9-11-15)20-14-18(16)21(4,5)6;/h1-20,22-26H;7-10,12,14H,13H2,1-6H3;/q2*-1;/i;13D2;. The average Bonchev–Trinajstić information content (AvgIpc) is 3.95. The van der Waals surface area contributed by atoms with E-state index in [0.717, 1.165) is 55.5 Å². The maximum absolute atomic E-state index is 8.75. The molecule has 12 aromatic rings. The van der Waals surface area contributed by atoms with Crippen molar-refractivity contribution in [3.8, 4) is 39.5 Å². The van der Waals surface area contributed by atoms with Gasteiger partial charge in [0.25, 0.3) is 0 Å². The molecule has 0 aliphatic heterocycles. The molecule has 0 amide bonds. The molecule has 6 heteroatoms. The smallest absolute Gasteiger partial charge is 0.0852 e. The van der Waals surface area contributed by atoms with E-state index < -0.39 is 19.9 Å². The summed E-state index contributed by atoms with van der Waals surface area (Å²) in [6, 6.07) is 71.0. The van der Waals surface area contributed by atoms with E-state index in [1.807, 2.05) is 68.6 Å². The molecule has 68 heavy (non-hydrogen) atoms. The van der Waals surface area contributed by atoms with Gasteiger partial charge in [0.05, 0.1) is 30.6 Å². The second kappa shape index (κ2) is 18.2. The number of fused-ring (bicyclic) bond motifs is 9. The number of aromatic nitrogens is 3. The van der Waals surface area contributed by atoms with Crippen LogP contribution in [-0.4, -0.2) is 22.6 Å². The van der Waals surface area contributed by atoms with Crippen LogP contribution in [0.25, 0.3) is 103 Å². The number of imidazole rings is 1. The van der Waals surface area contributed by atoms with Gasteiger partial charge in [0.1, 0.15) is 0 Å². The van der Waals surface area contributed by atoms with Crippen molar-refractivity contribution in [1.29, 1.82) is 0 Å². The minimum absolute atomic E-state index is 0. The van der Waals surface area contributed by atoms with Gasteiger partial charge in [-0.15, -0.1) is 59.7 Å². The normalized spacial score (nSPS) is 12.6. The SMILES string of the molecule is [2H]C([2H])(c1cc(-c2[c-]cccc2)ncc1[Si](C)(C)C)C(C)(C)C.[Ir].[c-]1cc2sc3c4ccccc4ccc3c2cc1-c1nc2c3ccccc3ccc2n1-c1c(-c2ccccc2)ccc2ccccc12. The Hall–Kier alpha value is -6.53. The predicted molar refractivity (Wildman–Crippen MR) is 291 cm³/mol. The van der Waals surface area contributed by atoms with Gasteiger partial charge in [-0.1, -0.05) is 191 Å². The topological polar surface area (TPSA) is 30.7 Å². The minimum atomic E-state index is -1.70. The van der Waals surface area contributed by atoms with Crippen LogP contribution in [0.15, 0.2) is 188 Å². The summed E-state index contributed by atoms with van der Waals surface area (Å²) in [6.45, 7) is 12.6. The van der Waals surface area contributed by atoms with Crippen molar-refractivity contribution < 1.29 is 22.8 Å². The zero-order valence-corrected chi connectivity index (χ0v) is 43.2. The summed E-state index contributed by atoms with van der Waals surface area (Å²) in [4.78, 5) is 10.1. The third-order valence-electron chi connectivity index (χ3n) is 12.5. The van der Waals surface area contributed by atoms with Crippen LogP contribution in [0.5, 0.6) is 0 Å². The van der Waals surface area contributed by atoms with E-state index in [-0.39, 0.29) is 20.1 Å². The molecule has 12 rings (SSSR count). The molecule has 1 radical (unpaired) electrons. The first-order valence-electron chi connectivity index (χ1n) is 24.0. The number of pyridine rings is 1. The van der Waals surface area contributed by atoms with Crippen LogP contribution in [0, 0.1) is 17.5 Å². The molecule has 335 valence electrons. The van der Waals surface area contributed by atoms with Crippen molar-refractivity contribution in [2.45, 2.75) is 46.8 Å². The quantitative estimate of drug-likeness (QED) is 0.123. The van der Waals surface area contributed by atoms with Crippen molar-refractivity contribution in [2.75, 3.05) is 0 Å². The first-order valence-corrected chi connectivity index (χ1v) is 27.3. The summed E-state index contributed by atoms with van der Waals surface area (Å²) in [5.74, 6) is 0.891. The molecule has 0 fully saturated rings. The Morgan fingerprint density at radius 1 is 0.632 bits per heavy atom. The van der Waals surface area contributed by atoms with E-state index in [4.69, 9.17) is 7.73 Å². The minimum Gasteiger partial charge on any atom is -0.332 e. The van der Waals surface area contributed by atoms with E-state index in [9.17, 15) is 0 Å². The van der Waals surface area contributed by atoms with Crippen LogP contribution < -0.4 is 5.19 Å². The molecule has 0 atom stereocenters. The summed E-state index contributed by atoms with van der Waals surface area (Å²) < 4.78 is 22.4. The first kappa shape index (κ1) is 42.8. The van der Waals surface area contributed by atoms with Gasteiger partial charge in [-0.25, -0.2) is 0 Å². The van der Waals surface area contributed by atoms with Crippen molar-refractivity contribution in [3.63, 3.8) is 0 Å². The summed E-state index contributed by atoms with van der Waals surface area (Å²) in [7, 11) is -1.70. The number of rotatable bonds is 6. The van der Waals surface area contributed by atoms with E-state index in [2.05, 4.69) is 193 Å². The van der Waals surface area contributed by atoms with E-state index in [1.54, 1.807) is 0 Å². The molecule has 0 bridgehead atoms. The molecule has 0 saturated heterocycles. The molecule has 0 spiro atoms. The molecule has 0 unspecified atom stereocenters. The van der Waals surface area contributed by atoms with Crippen LogP contribution in [0.1, 0.15) is 29.1 Å². The van der Waals surface area contributed by atoms with Crippen molar-refractivity contribution in [1.82, 2.24) is 14.5 Å². The van der Waals surface area contributed by atoms with E-state index in [0.29, 0.717) is 0 Å². The molecular formula is C62H51IrN3SSi-2. The molecule has 3 nitrogen and oxygen atoms in total. The zero-order valence-electron chi connectivity index (χ0n) is 41.0. The van der Waals surface area contributed by atoms with Crippen LogP contribution in [0.2, 0.25) is 19.6 Å². The summed E-state index contributed by atoms with van der Waals surface area (Å²) in [5, 5.41) is 10.9. The van der Waals surface area contributed by atoms with E-state index in [1.165, 1.54) is 58.2 Å². The fraction of sp³-hybridized carbons (Fsp3) is 0.129. The van der Waals surface area contributed by atoms with Gasteiger partial charge in [-0.05, 0) is 65.9 Å². The van der Waals surface area contributed by atoms with Crippen molar-refractivity contribution in [3.05, 3.63) is 206 Å². The first-order chi connectivity index (χ1) is 33.3. The largest absolute Gasteiger partial charge is 0.332 e. The van der Waals surface area contributed by atoms with Gasteiger partial charge in [0.2, 0.25) is 0 Å². The van der Waals surface area contributed by atoms with Gasteiger partial charge in [-0.3, -0.25) is 4.98 Å². The van der Waals surface area contributed by atoms with Gasteiger partial charge < -0.3 is 9.55 Å². The van der Waals surface area contributed by atoms with Crippen molar-refractivity contribution in [2.24, 2.45) is 5.41 Å². The number of benzene rings is 9.